The van der Waals surface area contributed by atoms with Crippen molar-refractivity contribution in [3.63, 3.8) is 0 Å². The quantitative estimate of drug-likeness (QED) is 0.417. The van der Waals surface area contributed by atoms with Gasteiger partial charge in [0.25, 0.3) is 11.8 Å². The Kier molecular flexibility index (Phi) is 9.62. The Morgan fingerprint density at radius 3 is 2.63 bits per heavy atom. The van der Waals surface area contributed by atoms with Crippen molar-refractivity contribution in [1.29, 1.82) is 0 Å². The highest BCUT2D eigenvalue weighted by atomic mass is 19.1. The van der Waals surface area contributed by atoms with E-state index in [0.29, 0.717) is 48.6 Å². The van der Waals surface area contributed by atoms with E-state index in [4.69, 9.17) is 0 Å². The number of rotatable bonds is 9. The molecular weight excluding hydrogens is 517 g/mol. The van der Waals surface area contributed by atoms with Gasteiger partial charge in [0.05, 0.1) is 11.3 Å². The van der Waals surface area contributed by atoms with Gasteiger partial charge in [-0.3, -0.25) is 9.59 Å². The molecule has 1 unspecified atom stereocenters. The number of aromatic nitrogens is 1. The van der Waals surface area contributed by atoms with Crippen molar-refractivity contribution in [2.24, 2.45) is 5.92 Å². The van der Waals surface area contributed by atoms with E-state index in [1.807, 2.05) is 54.6 Å². The lowest BCUT2D eigenvalue weighted by Gasteiger charge is -2.28. The van der Waals surface area contributed by atoms with E-state index in [9.17, 15) is 14.0 Å². The van der Waals surface area contributed by atoms with Crippen LogP contribution in [-0.2, 0) is 11.2 Å². The number of pyridine rings is 1. The van der Waals surface area contributed by atoms with E-state index < -0.39 is 0 Å². The highest BCUT2D eigenvalue weighted by Crippen LogP contribution is 2.34. The number of likely N-dealkylation sites (tertiary alicyclic amines) is 1. The Bertz CT molecular complexity index is 1310. The molecule has 5 rings (SSSR count). The molecule has 8 heteroatoms. The molecule has 1 aliphatic carbocycles. The van der Waals surface area contributed by atoms with Crippen LogP contribution in [0.3, 0.4) is 0 Å². The number of carbonyl (C=O) groups is 2. The number of amides is 2. The number of benzene rings is 1. The number of hydrogen-bond acceptors (Lipinski definition) is 5. The molecule has 216 valence electrons. The fourth-order valence-electron chi connectivity index (χ4n) is 5.77. The molecule has 1 aromatic heterocycles. The van der Waals surface area contributed by atoms with E-state index in [-0.39, 0.29) is 23.6 Å². The minimum absolute atomic E-state index is 0.0517. The third-order valence-corrected chi connectivity index (χ3v) is 8.04. The molecule has 1 fully saturated rings. The van der Waals surface area contributed by atoms with Crippen molar-refractivity contribution in [2.75, 3.05) is 49.6 Å². The van der Waals surface area contributed by atoms with Crippen molar-refractivity contribution >= 4 is 23.3 Å². The van der Waals surface area contributed by atoms with Crippen LogP contribution in [0.15, 0.2) is 78.4 Å². The molecule has 7 nitrogen and oxygen atoms in total. The second-order valence-corrected chi connectivity index (χ2v) is 11.2. The van der Waals surface area contributed by atoms with Crippen molar-refractivity contribution in [1.82, 2.24) is 15.2 Å². The monoisotopic (exact) mass is 557 g/mol. The Morgan fingerprint density at radius 1 is 1.12 bits per heavy atom. The lowest BCUT2D eigenvalue weighted by Crippen LogP contribution is -2.36. The van der Waals surface area contributed by atoms with Crippen LogP contribution >= 0.6 is 0 Å². The molecule has 0 saturated carbocycles. The van der Waals surface area contributed by atoms with Gasteiger partial charge in [0.2, 0.25) is 0 Å². The third-order valence-electron chi connectivity index (χ3n) is 8.04. The molecule has 1 saturated heterocycles. The van der Waals surface area contributed by atoms with Crippen molar-refractivity contribution < 1.29 is 14.0 Å². The Hall–Kier alpha value is -3.78. The lowest BCUT2D eigenvalue weighted by molar-refractivity contribution is -0.115. The van der Waals surface area contributed by atoms with Crippen molar-refractivity contribution in [2.45, 2.75) is 44.9 Å². The third kappa shape index (κ3) is 7.50. The van der Waals surface area contributed by atoms with Gasteiger partial charge in [-0.1, -0.05) is 49.2 Å². The summed E-state index contributed by atoms with van der Waals surface area (Å²) in [6.45, 7) is 4.20. The van der Waals surface area contributed by atoms with E-state index in [1.165, 1.54) is 31.8 Å². The first-order chi connectivity index (χ1) is 20.0. The predicted octanol–water partition coefficient (Wildman–Crippen LogP) is 5.42. The standard InChI is InChI=1S/C33H40FN5O2/c1-37-24-28(20-25-10-5-4-6-11-25)33(41)39(23-26-12-14-29(34)15-13-26)30-21-27(22-36-31(30)37)32(40)35-16-9-19-38-17-7-2-3-8-18-38/h4-6,10-12,14-15,21-22,24,26H,2-3,7-9,13,16-20,23H2,1H3,(H,35,40). The van der Waals surface area contributed by atoms with Gasteiger partial charge < -0.3 is 20.0 Å². The summed E-state index contributed by atoms with van der Waals surface area (Å²) in [4.78, 5) is 37.9. The van der Waals surface area contributed by atoms with Gasteiger partial charge in [0, 0.05) is 44.5 Å². The molecule has 1 atom stereocenters. The molecule has 0 spiro atoms. The van der Waals surface area contributed by atoms with Crippen LogP contribution in [0.5, 0.6) is 0 Å². The van der Waals surface area contributed by atoms with Crippen LogP contribution in [-0.4, -0.2) is 61.5 Å². The van der Waals surface area contributed by atoms with E-state index in [0.717, 1.165) is 31.6 Å². The summed E-state index contributed by atoms with van der Waals surface area (Å²) < 4.78 is 13.7. The number of allylic oxidation sites excluding steroid dienone is 3. The Labute approximate surface area is 242 Å². The van der Waals surface area contributed by atoms with E-state index >= 15 is 0 Å². The molecule has 2 aromatic rings. The molecule has 0 radical (unpaired) electrons. The first-order valence-electron chi connectivity index (χ1n) is 14.8. The number of halogens is 1. The average Bonchev–Trinajstić information content (AvgIpc) is 3.31. The summed E-state index contributed by atoms with van der Waals surface area (Å²) in [5.74, 6) is -0.0512. The van der Waals surface area contributed by atoms with Gasteiger partial charge in [-0.05, 0) is 75.0 Å². The summed E-state index contributed by atoms with van der Waals surface area (Å²) in [5.41, 5.74) is 2.65. The topological polar surface area (TPSA) is 68.8 Å². The predicted molar refractivity (Wildman–Crippen MR) is 162 cm³/mol. The second kappa shape index (κ2) is 13.7. The number of nitrogens with zero attached hydrogens (tertiary/aromatic N) is 4. The van der Waals surface area contributed by atoms with Crippen molar-refractivity contribution in [3.05, 3.63) is 89.5 Å². The van der Waals surface area contributed by atoms with Gasteiger partial charge >= 0.3 is 0 Å². The van der Waals surface area contributed by atoms with Crippen LogP contribution in [0.25, 0.3) is 0 Å². The lowest BCUT2D eigenvalue weighted by atomic mass is 9.98. The van der Waals surface area contributed by atoms with E-state index in [1.54, 1.807) is 23.2 Å². The maximum Gasteiger partial charge on any atom is 0.256 e. The molecule has 1 aromatic carbocycles. The molecular formula is C33H40FN5O2. The van der Waals surface area contributed by atoms with Gasteiger partial charge in [0.15, 0.2) is 5.82 Å². The summed E-state index contributed by atoms with van der Waals surface area (Å²) in [6, 6.07) is 11.6. The summed E-state index contributed by atoms with van der Waals surface area (Å²) >= 11 is 0. The smallest absolute Gasteiger partial charge is 0.256 e. The fourth-order valence-corrected chi connectivity index (χ4v) is 5.77. The molecule has 2 amide bonds. The van der Waals surface area contributed by atoms with Crippen LogP contribution in [0.1, 0.15) is 54.4 Å². The average molecular weight is 558 g/mol. The number of carbonyl (C=O) groups excluding carboxylic acids is 2. The Morgan fingerprint density at radius 2 is 1.90 bits per heavy atom. The first kappa shape index (κ1) is 28.7. The minimum atomic E-state index is -0.260. The number of fused-ring (bicyclic) bond motifs is 1. The van der Waals surface area contributed by atoms with E-state index in [2.05, 4.69) is 15.2 Å². The number of nitrogens with one attached hydrogen (secondary N) is 1. The summed E-state index contributed by atoms with van der Waals surface area (Å²) in [5, 5.41) is 3.05. The first-order valence-corrected chi connectivity index (χ1v) is 14.8. The molecule has 3 heterocycles. The molecule has 1 N–H and O–H groups in total. The molecule has 41 heavy (non-hydrogen) atoms. The van der Waals surface area contributed by atoms with Crippen LogP contribution in [0, 0.1) is 5.92 Å². The summed E-state index contributed by atoms with van der Waals surface area (Å²) in [6.07, 6.45) is 15.2. The van der Waals surface area contributed by atoms with Gasteiger partial charge in [-0.2, -0.15) is 0 Å². The van der Waals surface area contributed by atoms with Crippen LogP contribution in [0.4, 0.5) is 15.9 Å². The van der Waals surface area contributed by atoms with Crippen LogP contribution in [0.2, 0.25) is 0 Å². The fraction of sp³-hybridized carbons (Fsp3) is 0.424. The highest BCUT2D eigenvalue weighted by molar-refractivity contribution is 6.09. The normalized spacial score (nSPS) is 19.7. The van der Waals surface area contributed by atoms with Crippen LogP contribution < -0.4 is 15.1 Å². The zero-order valence-corrected chi connectivity index (χ0v) is 23.9. The number of hydrogen-bond donors (Lipinski definition) is 1. The van der Waals surface area contributed by atoms with Gasteiger partial charge in [-0.15, -0.1) is 0 Å². The molecule has 2 aliphatic heterocycles. The molecule has 3 aliphatic rings. The maximum absolute atomic E-state index is 14.0. The summed E-state index contributed by atoms with van der Waals surface area (Å²) in [7, 11) is 1.87. The van der Waals surface area contributed by atoms with Gasteiger partial charge in [0.1, 0.15) is 5.83 Å². The van der Waals surface area contributed by atoms with Gasteiger partial charge in [-0.25, -0.2) is 9.37 Å². The SMILES string of the molecule is CN1C=C(Cc2ccccc2)C(=O)N(CC2C=CC(F)=CC2)c2cc(C(=O)NCCCN3CCCCCC3)cnc21. The maximum atomic E-state index is 14.0. The van der Waals surface area contributed by atoms with Crippen molar-refractivity contribution in [3.8, 4) is 0 Å². The zero-order valence-electron chi connectivity index (χ0n) is 23.9. The largest absolute Gasteiger partial charge is 0.352 e. The highest BCUT2D eigenvalue weighted by Gasteiger charge is 2.30. The second-order valence-electron chi connectivity index (χ2n) is 11.2. The minimum Gasteiger partial charge on any atom is -0.352 e. The molecule has 0 bridgehead atoms. The zero-order chi connectivity index (χ0) is 28.6. The Balaban J connectivity index is 1.34. The number of anilines is 2.